The number of aromatic nitrogens is 4. The molecular formula is C51H30N4O2. The lowest BCUT2D eigenvalue weighted by Gasteiger charge is -2.11. The Morgan fingerprint density at radius 1 is 0.351 bits per heavy atom. The van der Waals surface area contributed by atoms with Crippen molar-refractivity contribution in [3.8, 4) is 51.0 Å². The van der Waals surface area contributed by atoms with Gasteiger partial charge in [-0.2, -0.15) is 0 Å². The van der Waals surface area contributed by atoms with Gasteiger partial charge in [0.1, 0.15) is 16.7 Å². The standard InChI is InChI=1S/C51H30N4O2/c1-3-13-31(14-4-1)49-52-50(32-15-5-2-6-16-32)54-51(53-49)34-24-26-40-46(30-34)57-48-43(55-41-20-10-7-17-36(41)37-18-8-11-21-42(37)55)28-27-35(47(40)48)33-23-25-39-38-19-9-12-22-44(38)56-45(39)29-33/h1-30H. The Bertz CT molecular complexity index is 3410. The molecule has 8 aromatic carbocycles. The van der Waals surface area contributed by atoms with E-state index in [2.05, 4.69) is 114 Å². The molecule has 0 saturated carbocycles. The van der Waals surface area contributed by atoms with Crippen LogP contribution in [0.15, 0.2) is 191 Å². The Hall–Kier alpha value is -7.83. The number of furan rings is 2. The highest BCUT2D eigenvalue weighted by Gasteiger charge is 2.22. The molecule has 6 heteroatoms. The maximum absolute atomic E-state index is 7.08. The third-order valence-corrected chi connectivity index (χ3v) is 11.1. The van der Waals surface area contributed by atoms with Crippen molar-refractivity contribution >= 4 is 65.7 Å². The number of hydrogen-bond acceptors (Lipinski definition) is 5. The molecule has 0 fully saturated rings. The van der Waals surface area contributed by atoms with Crippen molar-refractivity contribution in [1.29, 1.82) is 0 Å². The van der Waals surface area contributed by atoms with Crippen molar-refractivity contribution in [2.24, 2.45) is 0 Å². The maximum Gasteiger partial charge on any atom is 0.164 e. The number of rotatable bonds is 5. The largest absolute Gasteiger partial charge is 0.456 e. The van der Waals surface area contributed by atoms with E-state index in [4.69, 9.17) is 23.8 Å². The normalized spacial score (nSPS) is 11.9. The predicted molar refractivity (Wildman–Crippen MR) is 230 cm³/mol. The summed E-state index contributed by atoms with van der Waals surface area (Å²) in [6, 6.07) is 62.6. The van der Waals surface area contributed by atoms with E-state index in [0.717, 1.165) is 88.4 Å². The van der Waals surface area contributed by atoms with Crippen LogP contribution in [0.5, 0.6) is 0 Å². The molecule has 12 aromatic rings. The first kappa shape index (κ1) is 31.5. The first-order chi connectivity index (χ1) is 28.2. The highest BCUT2D eigenvalue weighted by Crippen LogP contribution is 2.44. The fourth-order valence-corrected chi connectivity index (χ4v) is 8.43. The number of fused-ring (bicyclic) bond motifs is 9. The number of nitrogens with zero attached hydrogens (tertiary/aromatic N) is 4. The van der Waals surface area contributed by atoms with E-state index in [1.54, 1.807) is 0 Å². The molecule has 266 valence electrons. The summed E-state index contributed by atoms with van der Waals surface area (Å²) in [6.45, 7) is 0. The van der Waals surface area contributed by atoms with Crippen LogP contribution in [0.4, 0.5) is 0 Å². The quantitative estimate of drug-likeness (QED) is 0.176. The lowest BCUT2D eigenvalue weighted by molar-refractivity contribution is 0.666. The molecule has 0 aliphatic rings. The van der Waals surface area contributed by atoms with E-state index < -0.39 is 0 Å². The average Bonchev–Trinajstić information content (AvgIpc) is 3.96. The van der Waals surface area contributed by atoms with Crippen molar-refractivity contribution in [3.63, 3.8) is 0 Å². The zero-order valence-corrected chi connectivity index (χ0v) is 30.4. The molecular weight excluding hydrogens is 701 g/mol. The molecule has 12 rings (SSSR count). The molecule has 0 aliphatic heterocycles. The minimum absolute atomic E-state index is 0.572. The summed E-state index contributed by atoms with van der Waals surface area (Å²) in [6.07, 6.45) is 0. The lowest BCUT2D eigenvalue weighted by atomic mass is 9.97. The number of benzene rings is 8. The second kappa shape index (κ2) is 12.3. The van der Waals surface area contributed by atoms with Crippen molar-refractivity contribution in [1.82, 2.24) is 19.5 Å². The van der Waals surface area contributed by atoms with Gasteiger partial charge in [0.2, 0.25) is 0 Å². The molecule has 0 unspecified atom stereocenters. The van der Waals surface area contributed by atoms with Crippen LogP contribution < -0.4 is 0 Å². The third kappa shape index (κ3) is 4.94. The second-order valence-corrected chi connectivity index (χ2v) is 14.4. The topological polar surface area (TPSA) is 69.9 Å². The summed E-state index contributed by atoms with van der Waals surface area (Å²) in [4.78, 5) is 15.0. The van der Waals surface area contributed by atoms with Gasteiger partial charge in [0.15, 0.2) is 23.1 Å². The Morgan fingerprint density at radius 3 is 1.54 bits per heavy atom. The van der Waals surface area contributed by atoms with Crippen molar-refractivity contribution in [2.75, 3.05) is 0 Å². The SMILES string of the molecule is c1ccc(-c2nc(-c3ccccc3)nc(-c3ccc4c(c3)oc3c(-n5c6ccccc6c6ccccc65)ccc(-c5ccc6c(c5)oc5ccccc56)c34)n2)cc1. The highest BCUT2D eigenvalue weighted by molar-refractivity contribution is 6.18. The average molecular weight is 731 g/mol. The molecule has 0 aliphatic carbocycles. The fourth-order valence-electron chi connectivity index (χ4n) is 8.43. The van der Waals surface area contributed by atoms with Gasteiger partial charge in [-0.25, -0.2) is 15.0 Å². The summed E-state index contributed by atoms with van der Waals surface area (Å²) in [7, 11) is 0. The molecule has 0 amide bonds. The van der Waals surface area contributed by atoms with E-state index in [0.29, 0.717) is 17.5 Å². The van der Waals surface area contributed by atoms with Crippen molar-refractivity contribution in [3.05, 3.63) is 182 Å². The fraction of sp³-hybridized carbons (Fsp3) is 0. The first-order valence-corrected chi connectivity index (χ1v) is 19.0. The molecule has 57 heavy (non-hydrogen) atoms. The van der Waals surface area contributed by atoms with E-state index in [1.165, 1.54) is 10.8 Å². The lowest BCUT2D eigenvalue weighted by Crippen LogP contribution is -2.00. The summed E-state index contributed by atoms with van der Waals surface area (Å²) in [5.74, 6) is 1.80. The molecule has 0 bridgehead atoms. The smallest absolute Gasteiger partial charge is 0.164 e. The van der Waals surface area contributed by atoms with Crippen molar-refractivity contribution in [2.45, 2.75) is 0 Å². The van der Waals surface area contributed by atoms with E-state index in [1.807, 2.05) is 72.8 Å². The Balaban J connectivity index is 1.12. The van der Waals surface area contributed by atoms with Gasteiger partial charge < -0.3 is 13.4 Å². The van der Waals surface area contributed by atoms with Crippen LogP contribution in [-0.2, 0) is 0 Å². The molecule has 4 aromatic heterocycles. The number of hydrogen-bond donors (Lipinski definition) is 0. The third-order valence-electron chi connectivity index (χ3n) is 11.1. The molecule has 0 atom stereocenters. The molecule has 0 spiro atoms. The Morgan fingerprint density at radius 2 is 0.860 bits per heavy atom. The molecule has 0 N–H and O–H groups in total. The van der Waals surface area contributed by atoms with E-state index in [-0.39, 0.29) is 0 Å². The molecule has 0 radical (unpaired) electrons. The predicted octanol–water partition coefficient (Wildman–Crippen LogP) is 13.4. The molecule has 0 saturated heterocycles. The van der Waals surface area contributed by atoms with Gasteiger partial charge in [0.05, 0.1) is 16.7 Å². The minimum Gasteiger partial charge on any atom is -0.456 e. The molecule has 4 heterocycles. The van der Waals surface area contributed by atoms with Crippen LogP contribution in [0.2, 0.25) is 0 Å². The summed E-state index contributed by atoms with van der Waals surface area (Å²) in [5.41, 5.74) is 11.2. The first-order valence-electron chi connectivity index (χ1n) is 19.0. The number of para-hydroxylation sites is 3. The highest BCUT2D eigenvalue weighted by atomic mass is 16.3. The van der Waals surface area contributed by atoms with Crippen LogP contribution in [0.1, 0.15) is 0 Å². The van der Waals surface area contributed by atoms with E-state index in [9.17, 15) is 0 Å². The van der Waals surface area contributed by atoms with Crippen molar-refractivity contribution < 1.29 is 8.83 Å². The zero-order valence-electron chi connectivity index (χ0n) is 30.4. The van der Waals surface area contributed by atoms with Crippen LogP contribution in [0, 0.1) is 0 Å². The van der Waals surface area contributed by atoms with Gasteiger partial charge in [0.25, 0.3) is 0 Å². The summed E-state index contributed by atoms with van der Waals surface area (Å²) in [5, 5.41) is 6.61. The van der Waals surface area contributed by atoms with Gasteiger partial charge in [0, 0.05) is 49.0 Å². The second-order valence-electron chi connectivity index (χ2n) is 14.4. The van der Waals surface area contributed by atoms with Crippen LogP contribution >= 0.6 is 0 Å². The van der Waals surface area contributed by atoms with Crippen LogP contribution in [0.3, 0.4) is 0 Å². The van der Waals surface area contributed by atoms with Crippen LogP contribution in [0.25, 0.3) is 117 Å². The summed E-state index contributed by atoms with van der Waals surface area (Å²) >= 11 is 0. The van der Waals surface area contributed by atoms with E-state index >= 15 is 0 Å². The van der Waals surface area contributed by atoms with Gasteiger partial charge in [-0.05, 0) is 59.7 Å². The van der Waals surface area contributed by atoms with Gasteiger partial charge in [-0.3, -0.25) is 0 Å². The van der Waals surface area contributed by atoms with Gasteiger partial charge in [-0.1, -0.05) is 133 Å². The Labute approximate surface area is 325 Å². The maximum atomic E-state index is 7.08. The summed E-state index contributed by atoms with van der Waals surface area (Å²) < 4.78 is 15.8. The minimum atomic E-state index is 0.572. The Kier molecular flexibility index (Phi) is 6.83. The zero-order chi connectivity index (χ0) is 37.5. The van der Waals surface area contributed by atoms with Crippen LogP contribution in [-0.4, -0.2) is 19.5 Å². The van der Waals surface area contributed by atoms with Gasteiger partial charge in [-0.15, -0.1) is 0 Å². The molecule has 6 nitrogen and oxygen atoms in total. The monoisotopic (exact) mass is 730 g/mol. The van der Waals surface area contributed by atoms with Gasteiger partial charge >= 0.3 is 0 Å².